The van der Waals surface area contributed by atoms with E-state index in [0.717, 1.165) is 9.58 Å². The molecule has 7 nitrogen and oxygen atoms in total. The summed E-state index contributed by atoms with van der Waals surface area (Å²) in [7, 11) is 1.73. The molecule has 0 bridgehead atoms. The number of carbonyl (C=O) groups is 1. The Bertz CT molecular complexity index is 871. The van der Waals surface area contributed by atoms with Gasteiger partial charge in [-0.25, -0.2) is 18.6 Å². The Kier molecular flexibility index (Phi) is 6.28. The van der Waals surface area contributed by atoms with Crippen molar-refractivity contribution in [3.63, 3.8) is 0 Å². The third kappa shape index (κ3) is 4.76. The van der Waals surface area contributed by atoms with E-state index >= 15 is 0 Å². The first-order chi connectivity index (χ1) is 12.9. The Balaban J connectivity index is 0.000000345. The van der Waals surface area contributed by atoms with Gasteiger partial charge in [0, 0.05) is 30.7 Å². The lowest BCUT2D eigenvalue weighted by Gasteiger charge is -2.28. The molecular formula is C15H18F5N5O2S. The molecule has 0 aliphatic heterocycles. The van der Waals surface area contributed by atoms with Gasteiger partial charge in [-0.2, -0.15) is 18.2 Å². The van der Waals surface area contributed by atoms with Gasteiger partial charge in [0.1, 0.15) is 5.82 Å². The molecule has 2 aromatic rings. The summed E-state index contributed by atoms with van der Waals surface area (Å²) in [5, 5.41) is 10.1. The number of nitrogens with one attached hydrogen (secondary N) is 1. The van der Waals surface area contributed by atoms with Gasteiger partial charge >= 0.3 is 12.1 Å². The van der Waals surface area contributed by atoms with Gasteiger partial charge < -0.3 is 21.9 Å². The van der Waals surface area contributed by atoms with E-state index in [1.54, 1.807) is 7.05 Å². The first-order valence-corrected chi connectivity index (χ1v) is 8.85. The predicted molar refractivity (Wildman–Crippen MR) is 94.7 cm³/mol. The summed E-state index contributed by atoms with van der Waals surface area (Å²) in [6.45, 7) is 0.390. The number of anilines is 2. The van der Waals surface area contributed by atoms with Crippen molar-refractivity contribution in [2.75, 3.05) is 24.6 Å². The van der Waals surface area contributed by atoms with Crippen molar-refractivity contribution in [2.45, 2.75) is 37.3 Å². The topological polar surface area (TPSA) is 127 Å². The van der Waals surface area contributed by atoms with Crippen molar-refractivity contribution in [2.24, 2.45) is 5.73 Å². The van der Waals surface area contributed by atoms with Crippen LogP contribution < -0.4 is 16.8 Å². The number of hydrogen-bond donors (Lipinski definition) is 4. The average Bonchev–Trinajstić information content (AvgIpc) is 2.91. The Labute approximate surface area is 159 Å². The van der Waals surface area contributed by atoms with E-state index < -0.39 is 18.1 Å². The number of carboxylic acid groups (broad SMARTS) is 1. The van der Waals surface area contributed by atoms with E-state index in [4.69, 9.17) is 21.4 Å². The van der Waals surface area contributed by atoms with Gasteiger partial charge in [-0.3, -0.25) is 0 Å². The number of halogens is 5. The minimum absolute atomic E-state index is 0.0942. The van der Waals surface area contributed by atoms with Crippen molar-refractivity contribution in [1.82, 2.24) is 9.97 Å². The Morgan fingerprint density at radius 2 is 2.00 bits per heavy atom. The zero-order valence-corrected chi connectivity index (χ0v) is 15.4. The van der Waals surface area contributed by atoms with Crippen LogP contribution in [0.2, 0.25) is 0 Å². The number of aromatic nitrogens is 2. The van der Waals surface area contributed by atoms with E-state index in [0.29, 0.717) is 29.9 Å². The number of fused-ring (bicyclic) bond motifs is 3. The fourth-order valence-electron chi connectivity index (χ4n) is 2.95. The van der Waals surface area contributed by atoms with Crippen LogP contribution in [0.15, 0.2) is 0 Å². The summed E-state index contributed by atoms with van der Waals surface area (Å²) in [6, 6.07) is 0. The maximum atomic E-state index is 14.0. The first-order valence-electron chi connectivity index (χ1n) is 8.04. The van der Waals surface area contributed by atoms with Gasteiger partial charge in [-0.1, -0.05) is 0 Å². The van der Waals surface area contributed by atoms with Crippen LogP contribution in [-0.4, -0.2) is 46.7 Å². The maximum Gasteiger partial charge on any atom is 0.490 e. The second kappa shape index (κ2) is 7.99. The number of nitrogens with two attached hydrogens (primary N) is 2. The number of alkyl halides is 5. The van der Waals surface area contributed by atoms with Gasteiger partial charge in [-0.15, -0.1) is 11.3 Å². The minimum Gasteiger partial charge on any atom is -0.475 e. The van der Waals surface area contributed by atoms with Crippen LogP contribution in [0.5, 0.6) is 0 Å². The van der Waals surface area contributed by atoms with E-state index in [9.17, 15) is 22.0 Å². The quantitative estimate of drug-likeness (QED) is 0.555. The standard InChI is InChI=1S/C13H17F2N5S.C2HF3O2/c1-18-11-10-8(19-12(17)20-11)7-5-13(14,15)4-6(2-3-16)9(7)21-10;3-2(4,5)1(6)7/h6H,2-5,16H2,1H3,(H3,17,18,19,20);(H,6,7). The number of rotatable bonds is 3. The summed E-state index contributed by atoms with van der Waals surface area (Å²) < 4.78 is 60.6. The van der Waals surface area contributed by atoms with Crippen LogP contribution in [0.1, 0.15) is 29.2 Å². The highest BCUT2D eigenvalue weighted by Gasteiger charge is 2.42. The Morgan fingerprint density at radius 3 is 2.50 bits per heavy atom. The molecule has 0 spiro atoms. The predicted octanol–water partition coefficient (Wildman–Crippen LogP) is 2.96. The molecule has 1 aliphatic carbocycles. The van der Waals surface area contributed by atoms with Gasteiger partial charge in [0.2, 0.25) is 5.95 Å². The van der Waals surface area contributed by atoms with Crippen LogP contribution >= 0.6 is 11.3 Å². The van der Waals surface area contributed by atoms with Crippen molar-refractivity contribution < 1.29 is 31.9 Å². The molecule has 3 rings (SSSR count). The number of nitrogen functional groups attached to an aromatic ring is 1. The summed E-state index contributed by atoms with van der Waals surface area (Å²) in [4.78, 5) is 18.2. The fraction of sp³-hybridized carbons (Fsp3) is 0.533. The SMILES string of the molecule is CNc1nc(N)nc2c3c(sc12)C(CCN)CC(F)(F)C3.O=C(O)C(F)(F)F. The molecular weight excluding hydrogens is 409 g/mol. The third-order valence-corrected chi connectivity index (χ3v) is 5.41. The van der Waals surface area contributed by atoms with Gasteiger partial charge in [0.05, 0.1) is 10.2 Å². The normalized spacial score (nSPS) is 18.2. The molecule has 0 saturated heterocycles. The van der Waals surface area contributed by atoms with Gasteiger partial charge in [0.15, 0.2) is 0 Å². The van der Waals surface area contributed by atoms with Crippen LogP contribution in [-0.2, 0) is 11.2 Å². The molecule has 2 heterocycles. The molecule has 0 aromatic carbocycles. The molecule has 2 aromatic heterocycles. The monoisotopic (exact) mass is 427 g/mol. The first kappa shape index (κ1) is 22.0. The van der Waals surface area contributed by atoms with Crippen LogP contribution in [0.25, 0.3) is 10.2 Å². The molecule has 1 aliphatic rings. The van der Waals surface area contributed by atoms with Gasteiger partial charge in [0.25, 0.3) is 5.92 Å². The summed E-state index contributed by atoms with van der Waals surface area (Å²) in [5.74, 6) is -5.02. The summed E-state index contributed by atoms with van der Waals surface area (Å²) in [6.07, 6.45) is -4.97. The molecule has 13 heteroatoms. The van der Waals surface area contributed by atoms with Crippen LogP contribution in [0.3, 0.4) is 0 Å². The smallest absolute Gasteiger partial charge is 0.475 e. The molecule has 0 radical (unpaired) electrons. The lowest BCUT2D eigenvalue weighted by molar-refractivity contribution is -0.192. The fourth-order valence-corrected chi connectivity index (χ4v) is 4.34. The lowest BCUT2D eigenvalue weighted by atomic mass is 9.84. The highest BCUT2D eigenvalue weighted by atomic mass is 32.1. The van der Waals surface area contributed by atoms with Crippen LogP contribution in [0.4, 0.5) is 33.7 Å². The van der Waals surface area contributed by atoms with Crippen molar-refractivity contribution in [1.29, 1.82) is 0 Å². The second-order valence-corrected chi connectivity index (χ2v) is 7.17. The van der Waals surface area contributed by atoms with E-state index in [-0.39, 0.29) is 24.7 Å². The zero-order chi connectivity index (χ0) is 21.3. The summed E-state index contributed by atoms with van der Waals surface area (Å²) in [5.41, 5.74) is 12.4. The second-order valence-electron chi connectivity index (χ2n) is 6.12. The van der Waals surface area contributed by atoms with Crippen molar-refractivity contribution in [3.8, 4) is 0 Å². The van der Waals surface area contributed by atoms with E-state index in [1.165, 1.54) is 11.3 Å². The van der Waals surface area contributed by atoms with Crippen molar-refractivity contribution in [3.05, 3.63) is 10.4 Å². The third-order valence-electron chi connectivity index (χ3n) is 4.02. The molecule has 0 amide bonds. The lowest BCUT2D eigenvalue weighted by Crippen LogP contribution is -2.29. The van der Waals surface area contributed by atoms with E-state index in [2.05, 4.69) is 15.3 Å². The number of nitrogens with zero attached hydrogens (tertiary/aromatic N) is 2. The molecule has 1 unspecified atom stereocenters. The number of hydrogen-bond acceptors (Lipinski definition) is 7. The number of carboxylic acids is 1. The minimum atomic E-state index is -5.08. The molecule has 0 saturated carbocycles. The highest BCUT2D eigenvalue weighted by Crippen LogP contribution is 2.49. The molecule has 0 fully saturated rings. The largest absolute Gasteiger partial charge is 0.490 e. The maximum absolute atomic E-state index is 14.0. The zero-order valence-electron chi connectivity index (χ0n) is 14.6. The average molecular weight is 427 g/mol. The number of aliphatic carboxylic acids is 1. The molecule has 1 atom stereocenters. The Morgan fingerprint density at radius 1 is 1.39 bits per heavy atom. The molecule has 28 heavy (non-hydrogen) atoms. The highest BCUT2D eigenvalue weighted by molar-refractivity contribution is 7.20. The number of thiophene rings is 1. The van der Waals surface area contributed by atoms with Crippen LogP contribution in [0, 0.1) is 0 Å². The Hall–Kier alpha value is -2.28. The van der Waals surface area contributed by atoms with Gasteiger partial charge in [-0.05, 0) is 18.5 Å². The molecule has 6 N–H and O–H groups in total. The van der Waals surface area contributed by atoms with E-state index in [1.807, 2.05) is 0 Å². The summed E-state index contributed by atoms with van der Waals surface area (Å²) >= 11 is 1.48. The molecule has 156 valence electrons. The van der Waals surface area contributed by atoms with Crippen molar-refractivity contribution >= 4 is 39.3 Å².